The van der Waals surface area contributed by atoms with Crippen LogP contribution in [-0.4, -0.2) is 14.9 Å². The summed E-state index contributed by atoms with van der Waals surface area (Å²) in [6.07, 6.45) is 9.10. The molecule has 0 saturated heterocycles. The fourth-order valence-electron chi connectivity index (χ4n) is 1.55. The molecule has 17 heavy (non-hydrogen) atoms. The maximum atomic E-state index is 5.17. The molecule has 0 aliphatic carbocycles. The minimum Gasteiger partial charge on any atom is -0.337 e. The zero-order chi connectivity index (χ0) is 12.1. The third-order valence-electron chi connectivity index (χ3n) is 2.41. The summed E-state index contributed by atoms with van der Waals surface area (Å²) in [5.41, 5.74) is 2.28. The quantitative estimate of drug-likeness (QED) is 0.658. The maximum Gasteiger partial charge on any atom is 0.181 e. The number of allylic oxidation sites excluding steroid dienone is 1. The molecule has 0 spiro atoms. The van der Waals surface area contributed by atoms with Crippen molar-refractivity contribution in [3.8, 4) is 5.69 Å². The average Bonchev–Trinajstić information content (AvgIpc) is 2.77. The zero-order valence-electron chi connectivity index (χ0n) is 9.27. The van der Waals surface area contributed by atoms with Gasteiger partial charge in [-0.3, -0.25) is 4.57 Å². The minimum absolute atomic E-state index is 0.715. The van der Waals surface area contributed by atoms with Crippen molar-refractivity contribution in [2.45, 2.75) is 6.42 Å². The smallest absolute Gasteiger partial charge is 0.181 e. The fraction of sp³-hybridized carbons (Fsp3) is 0.154. The molecule has 4 heteroatoms. The summed E-state index contributed by atoms with van der Waals surface area (Å²) in [5, 5.41) is 1.00. The van der Waals surface area contributed by atoms with E-state index in [4.69, 9.17) is 12.2 Å². The Bertz CT molecular complexity index is 551. The normalized spacial score (nSPS) is 11.1. The van der Waals surface area contributed by atoms with E-state index in [2.05, 4.69) is 57.3 Å². The van der Waals surface area contributed by atoms with Gasteiger partial charge in [-0.2, -0.15) is 0 Å². The highest BCUT2D eigenvalue weighted by Crippen LogP contribution is 2.11. The highest BCUT2D eigenvalue weighted by atomic mass is 79.9. The number of hydrogen-bond donors (Lipinski definition) is 1. The van der Waals surface area contributed by atoms with Gasteiger partial charge in [0, 0.05) is 23.4 Å². The van der Waals surface area contributed by atoms with Crippen LogP contribution < -0.4 is 0 Å². The van der Waals surface area contributed by atoms with Gasteiger partial charge in [-0.15, -0.1) is 0 Å². The third-order valence-corrected chi connectivity index (χ3v) is 3.18. The Balaban J connectivity index is 2.19. The molecule has 0 aliphatic heterocycles. The van der Waals surface area contributed by atoms with Crippen LogP contribution in [-0.2, 0) is 0 Å². The first-order valence-corrected chi connectivity index (χ1v) is 6.93. The van der Waals surface area contributed by atoms with Gasteiger partial charge < -0.3 is 4.98 Å². The number of hydrogen-bond acceptors (Lipinski definition) is 1. The SMILES string of the molecule is S=c1[nH]ccn1-c1ccc(C=CCCBr)cc1. The number of rotatable bonds is 4. The van der Waals surface area contributed by atoms with Crippen LogP contribution in [0, 0.1) is 4.77 Å². The molecule has 2 rings (SSSR count). The highest BCUT2D eigenvalue weighted by Gasteiger charge is 1.96. The van der Waals surface area contributed by atoms with E-state index < -0.39 is 0 Å². The molecule has 1 heterocycles. The number of halogens is 1. The first-order chi connectivity index (χ1) is 8.31. The van der Waals surface area contributed by atoms with Crippen LogP contribution in [0.3, 0.4) is 0 Å². The van der Waals surface area contributed by atoms with Crippen molar-refractivity contribution in [1.82, 2.24) is 9.55 Å². The lowest BCUT2D eigenvalue weighted by molar-refractivity contribution is 1.03. The van der Waals surface area contributed by atoms with Crippen molar-refractivity contribution in [2.24, 2.45) is 0 Å². The van der Waals surface area contributed by atoms with E-state index in [9.17, 15) is 0 Å². The summed E-state index contributed by atoms with van der Waals surface area (Å²) in [5.74, 6) is 0. The van der Waals surface area contributed by atoms with Gasteiger partial charge in [-0.1, -0.05) is 40.2 Å². The van der Waals surface area contributed by atoms with Gasteiger partial charge in [0.05, 0.1) is 0 Å². The molecule has 0 saturated carbocycles. The van der Waals surface area contributed by atoms with Crippen LogP contribution in [0.25, 0.3) is 11.8 Å². The van der Waals surface area contributed by atoms with Gasteiger partial charge >= 0.3 is 0 Å². The fourth-order valence-corrected chi connectivity index (χ4v) is 2.05. The lowest BCUT2D eigenvalue weighted by atomic mass is 10.2. The minimum atomic E-state index is 0.715. The molecule has 1 aromatic heterocycles. The van der Waals surface area contributed by atoms with Gasteiger partial charge in [-0.05, 0) is 36.3 Å². The first-order valence-electron chi connectivity index (χ1n) is 5.40. The predicted molar refractivity (Wildman–Crippen MR) is 78.4 cm³/mol. The second-order valence-corrected chi connectivity index (χ2v) is 4.79. The van der Waals surface area contributed by atoms with Crippen molar-refractivity contribution in [3.63, 3.8) is 0 Å². The zero-order valence-corrected chi connectivity index (χ0v) is 11.7. The van der Waals surface area contributed by atoms with Gasteiger partial charge in [0.25, 0.3) is 0 Å². The molecule has 0 atom stereocenters. The molecule has 0 unspecified atom stereocenters. The number of H-pyrrole nitrogens is 1. The van der Waals surface area contributed by atoms with E-state index in [0.717, 1.165) is 17.4 Å². The van der Waals surface area contributed by atoms with E-state index in [1.54, 1.807) is 0 Å². The van der Waals surface area contributed by atoms with Crippen molar-refractivity contribution < 1.29 is 0 Å². The Kier molecular flexibility index (Phi) is 4.34. The molecule has 2 aromatic rings. The Morgan fingerprint density at radius 2 is 2.06 bits per heavy atom. The average molecular weight is 309 g/mol. The molecule has 1 aromatic carbocycles. The van der Waals surface area contributed by atoms with Crippen molar-refractivity contribution in [1.29, 1.82) is 0 Å². The van der Waals surface area contributed by atoms with Crippen molar-refractivity contribution in [3.05, 3.63) is 53.1 Å². The van der Waals surface area contributed by atoms with Crippen LogP contribution >= 0.6 is 28.1 Å². The number of imidazole rings is 1. The molecular weight excluding hydrogens is 296 g/mol. The van der Waals surface area contributed by atoms with Gasteiger partial charge in [-0.25, -0.2) is 0 Å². The van der Waals surface area contributed by atoms with E-state index in [1.807, 2.05) is 17.0 Å². The second-order valence-electron chi connectivity index (χ2n) is 3.61. The third kappa shape index (κ3) is 3.17. The topological polar surface area (TPSA) is 20.7 Å². The summed E-state index contributed by atoms with van der Waals surface area (Å²) in [4.78, 5) is 2.98. The number of nitrogens with zero attached hydrogens (tertiary/aromatic N) is 1. The van der Waals surface area contributed by atoms with Gasteiger partial charge in [0.2, 0.25) is 0 Å². The number of benzene rings is 1. The van der Waals surface area contributed by atoms with E-state index >= 15 is 0 Å². The number of nitrogens with one attached hydrogen (secondary N) is 1. The molecular formula is C13H13BrN2S. The summed E-state index contributed by atoms with van der Waals surface area (Å²) in [6, 6.07) is 8.32. The first kappa shape index (κ1) is 12.3. The van der Waals surface area contributed by atoms with Gasteiger partial charge in [0.1, 0.15) is 0 Å². The van der Waals surface area contributed by atoms with Crippen molar-refractivity contribution in [2.75, 3.05) is 5.33 Å². The van der Waals surface area contributed by atoms with Crippen LogP contribution in [0.5, 0.6) is 0 Å². The van der Waals surface area contributed by atoms with Crippen LogP contribution in [0.1, 0.15) is 12.0 Å². The predicted octanol–water partition coefficient (Wildman–Crippen LogP) is 4.33. The van der Waals surface area contributed by atoms with E-state index in [1.165, 1.54) is 5.56 Å². The van der Waals surface area contributed by atoms with E-state index in [-0.39, 0.29) is 0 Å². The van der Waals surface area contributed by atoms with Crippen molar-refractivity contribution >= 4 is 34.2 Å². The van der Waals surface area contributed by atoms with Crippen LogP contribution in [0.15, 0.2) is 42.7 Å². The summed E-state index contributed by atoms with van der Waals surface area (Å²) in [7, 11) is 0. The molecule has 1 N–H and O–H groups in total. The lowest BCUT2D eigenvalue weighted by Gasteiger charge is -2.02. The summed E-state index contributed by atoms with van der Waals surface area (Å²) >= 11 is 8.57. The number of aromatic nitrogens is 2. The summed E-state index contributed by atoms with van der Waals surface area (Å²) in [6.45, 7) is 0. The maximum absolute atomic E-state index is 5.17. The van der Waals surface area contributed by atoms with Crippen LogP contribution in [0.2, 0.25) is 0 Å². The Morgan fingerprint density at radius 3 is 2.65 bits per heavy atom. The van der Waals surface area contributed by atoms with E-state index in [0.29, 0.717) is 4.77 Å². The number of aromatic amines is 1. The standard InChI is InChI=1S/C13H13BrN2S/c14-8-2-1-3-11-4-6-12(7-5-11)16-10-9-15-13(16)17/h1,3-7,9-10H,2,8H2,(H,15,17). The Labute approximate surface area is 114 Å². The monoisotopic (exact) mass is 308 g/mol. The Morgan fingerprint density at radius 1 is 1.29 bits per heavy atom. The number of alkyl halides is 1. The molecule has 0 fully saturated rings. The molecule has 2 nitrogen and oxygen atoms in total. The Hall–Kier alpha value is -1.13. The molecule has 88 valence electrons. The molecule has 0 amide bonds. The summed E-state index contributed by atoms with van der Waals surface area (Å²) < 4.78 is 2.66. The highest BCUT2D eigenvalue weighted by molar-refractivity contribution is 9.09. The molecule has 0 aliphatic rings. The molecule has 0 bridgehead atoms. The largest absolute Gasteiger partial charge is 0.337 e. The van der Waals surface area contributed by atoms with Gasteiger partial charge in [0.15, 0.2) is 4.77 Å². The second kappa shape index (κ2) is 5.98. The lowest BCUT2D eigenvalue weighted by Crippen LogP contribution is -1.91. The molecule has 0 radical (unpaired) electrons. The van der Waals surface area contributed by atoms with Crippen LogP contribution in [0.4, 0.5) is 0 Å².